The molecule has 1 aliphatic rings. The lowest BCUT2D eigenvalue weighted by Gasteiger charge is -2.23. The Morgan fingerprint density at radius 1 is 1.44 bits per heavy atom. The number of benzene rings is 1. The second-order valence-electron chi connectivity index (χ2n) is 4.47. The lowest BCUT2D eigenvalue weighted by atomic mass is 10.0. The zero-order valence-corrected chi connectivity index (χ0v) is 10.8. The summed E-state index contributed by atoms with van der Waals surface area (Å²) < 4.78 is 6.67. The lowest BCUT2D eigenvalue weighted by Crippen LogP contribution is -2.39. The highest BCUT2D eigenvalue weighted by Gasteiger charge is 2.19. The third kappa shape index (κ3) is 2.32. The molecule has 18 heavy (non-hydrogen) atoms. The van der Waals surface area contributed by atoms with E-state index in [4.69, 9.17) is 4.74 Å². The van der Waals surface area contributed by atoms with Crippen molar-refractivity contribution in [2.45, 2.75) is 12.5 Å². The fourth-order valence-electron chi connectivity index (χ4n) is 2.28. The maximum Gasteiger partial charge on any atom is 0.166 e. The van der Waals surface area contributed by atoms with E-state index in [2.05, 4.69) is 11.4 Å². The van der Waals surface area contributed by atoms with Gasteiger partial charge in [0.1, 0.15) is 0 Å². The van der Waals surface area contributed by atoms with Crippen molar-refractivity contribution >= 4 is 27.2 Å². The number of carbonyl (C=O) groups excluding carboxylic acids is 1. The number of fused-ring (bicyclic) bond motifs is 1. The lowest BCUT2D eigenvalue weighted by molar-refractivity contribution is 0.0240. The van der Waals surface area contributed by atoms with Crippen LogP contribution < -0.4 is 5.32 Å². The van der Waals surface area contributed by atoms with Gasteiger partial charge in [0, 0.05) is 29.8 Å². The molecule has 0 bridgehead atoms. The van der Waals surface area contributed by atoms with E-state index in [-0.39, 0.29) is 11.9 Å². The van der Waals surface area contributed by atoms with Crippen molar-refractivity contribution < 1.29 is 9.53 Å². The van der Waals surface area contributed by atoms with Gasteiger partial charge in [0.05, 0.1) is 12.7 Å². The van der Waals surface area contributed by atoms with E-state index in [1.165, 1.54) is 0 Å². The predicted molar refractivity (Wildman–Crippen MR) is 73.4 cm³/mol. The molecule has 1 saturated heterocycles. The van der Waals surface area contributed by atoms with Crippen LogP contribution in [0, 0.1) is 0 Å². The van der Waals surface area contributed by atoms with Crippen LogP contribution in [0.25, 0.3) is 10.1 Å². The van der Waals surface area contributed by atoms with E-state index in [1.54, 1.807) is 11.3 Å². The maximum absolute atomic E-state index is 12.3. The number of thiophene rings is 1. The summed E-state index contributed by atoms with van der Waals surface area (Å²) in [5.74, 6) is 0.178. The first-order valence-electron chi connectivity index (χ1n) is 6.16. The standard InChI is InChI=1S/C14H15NO2S/c16-13(8-11-9-15-5-6-17-11)12-3-1-2-10-4-7-18-14(10)12/h1-4,7,11,15H,5-6,8-9H2. The molecule has 2 aromatic rings. The van der Waals surface area contributed by atoms with Crippen LogP contribution in [-0.4, -0.2) is 31.6 Å². The first kappa shape index (κ1) is 11.8. The molecule has 1 N–H and O–H groups in total. The van der Waals surface area contributed by atoms with Crippen molar-refractivity contribution in [2.24, 2.45) is 0 Å². The summed E-state index contributed by atoms with van der Waals surface area (Å²) in [5, 5.41) is 6.42. The van der Waals surface area contributed by atoms with Crippen LogP contribution in [-0.2, 0) is 4.74 Å². The van der Waals surface area contributed by atoms with Crippen molar-refractivity contribution in [3.8, 4) is 0 Å². The number of Topliss-reactive ketones (excluding diaryl/α,β-unsaturated/α-hetero) is 1. The summed E-state index contributed by atoms with van der Waals surface area (Å²) in [5.41, 5.74) is 0.830. The Morgan fingerprint density at radius 2 is 2.39 bits per heavy atom. The average molecular weight is 261 g/mol. The zero-order valence-electron chi connectivity index (χ0n) is 10.0. The Hall–Kier alpha value is -1.23. The van der Waals surface area contributed by atoms with Crippen LogP contribution in [0.4, 0.5) is 0 Å². The Kier molecular flexibility index (Phi) is 3.41. The second kappa shape index (κ2) is 5.18. The molecule has 1 fully saturated rings. The highest BCUT2D eigenvalue weighted by Crippen LogP contribution is 2.26. The van der Waals surface area contributed by atoms with Crippen LogP contribution >= 0.6 is 11.3 Å². The molecular weight excluding hydrogens is 246 g/mol. The molecule has 3 rings (SSSR count). The molecule has 1 aliphatic heterocycles. The summed E-state index contributed by atoms with van der Waals surface area (Å²) in [6.45, 7) is 2.35. The molecule has 0 saturated carbocycles. The summed E-state index contributed by atoms with van der Waals surface area (Å²) in [7, 11) is 0. The second-order valence-corrected chi connectivity index (χ2v) is 5.38. The molecule has 0 amide bonds. The molecule has 1 aromatic carbocycles. The van der Waals surface area contributed by atoms with Crippen LogP contribution in [0.15, 0.2) is 29.6 Å². The number of morpholine rings is 1. The SMILES string of the molecule is O=C(CC1CNCCO1)c1cccc2ccsc12. The Labute approximate surface area is 110 Å². The molecule has 94 valence electrons. The minimum Gasteiger partial charge on any atom is -0.375 e. The molecule has 1 atom stereocenters. The van der Waals surface area contributed by atoms with Crippen LogP contribution in [0.2, 0.25) is 0 Å². The molecule has 0 aliphatic carbocycles. The summed E-state index contributed by atoms with van der Waals surface area (Å²) >= 11 is 1.63. The number of nitrogens with one attached hydrogen (secondary N) is 1. The van der Waals surface area contributed by atoms with E-state index in [0.717, 1.165) is 28.7 Å². The first-order chi connectivity index (χ1) is 8.84. The first-order valence-corrected chi connectivity index (χ1v) is 7.04. The van der Waals surface area contributed by atoms with Crippen molar-refractivity contribution in [3.05, 3.63) is 35.2 Å². The third-order valence-corrected chi connectivity index (χ3v) is 4.16. The summed E-state index contributed by atoms with van der Waals surface area (Å²) in [6.07, 6.45) is 0.478. The zero-order chi connectivity index (χ0) is 12.4. The Morgan fingerprint density at radius 3 is 3.22 bits per heavy atom. The number of carbonyl (C=O) groups is 1. The summed E-state index contributed by atoms with van der Waals surface area (Å²) in [6, 6.07) is 7.95. The number of hydrogen-bond donors (Lipinski definition) is 1. The van der Waals surface area contributed by atoms with Gasteiger partial charge < -0.3 is 10.1 Å². The van der Waals surface area contributed by atoms with Gasteiger partial charge >= 0.3 is 0 Å². The van der Waals surface area contributed by atoms with Crippen LogP contribution in [0.1, 0.15) is 16.8 Å². The molecule has 0 spiro atoms. The third-order valence-electron chi connectivity index (χ3n) is 3.20. The van der Waals surface area contributed by atoms with E-state index >= 15 is 0 Å². The van der Waals surface area contributed by atoms with Gasteiger partial charge in [-0.05, 0) is 22.9 Å². The van der Waals surface area contributed by atoms with Gasteiger partial charge in [-0.3, -0.25) is 4.79 Å². The molecule has 2 heterocycles. The van der Waals surface area contributed by atoms with Gasteiger partial charge in [-0.15, -0.1) is 11.3 Å². The average Bonchev–Trinajstić information content (AvgIpc) is 2.87. The minimum atomic E-state index is 0.0152. The van der Waals surface area contributed by atoms with Crippen molar-refractivity contribution in [1.82, 2.24) is 5.32 Å². The van der Waals surface area contributed by atoms with Crippen molar-refractivity contribution in [2.75, 3.05) is 19.7 Å². The number of hydrogen-bond acceptors (Lipinski definition) is 4. The van der Waals surface area contributed by atoms with Gasteiger partial charge in [0.25, 0.3) is 0 Å². The van der Waals surface area contributed by atoms with E-state index in [1.807, 2.05) is 23.6 Å². The van der Waals surface area contributed by atoms with E-state index in [0.29, 0.717) is 13.0 Å². The quantitative estimate of drug-likeness (QED) is 0.863. The molecule has 1 aromatic heterocycles. The smallest absolute Gasteiger partial charge is 0.166 e. The van der Waals surface area contributed by atoms with Crippen LogP contribution in [0.3, 0.4) is 0 Å². The van der Waals surface area contributed by atoms with E-state index < -0.39 is 0 Å². The fourth-order valence-corrected chi connectivity index (χ4v) is 3.21. The van der Waals surface area contributed by atoms with Gasteiger partial charge in [-0.25, -0.2) is 0 Å². The molecule has 3 nitrogen and oxygen atoms in total. The summed E-state index contributed by atoms with van der Waals surface area (Å²) in [4.78, 5) is 12.3. The van der Waals surface area contributed by atoms with E-state index in [9.17, 15) is 4.79 Å². The van der Waals surface area contributed by atoms with Crippen molar-refractivity contribution in [3.63, 3.8) is 0 Å². The topological polar surface area (TPSA) is 38.3 Å². The minimum absolute atomic E-state index is 0.0152. The number of ketones is 1. The highest BCUT2D eigenvalue weighted by atomic mass is 32.1. The number of rotatable bonds is 3. The molecule has 1 unspecified atom stereocenters. The molecule has 4 heteroatoms. The van der Waals surface area contributed by atoms with Crippen molar-refractivity contribution in [1.29, 1.82) is 0 Å². The van der Waals surface area contributed by atoms with Gasteiger partial charge in [-0.1, -0.05) is 12.1 Å². The fraction of sp³-hybridized carbons (Fsp3) is 0.357. The monoisotopic (exact) mass is 261 g/mol. The normalized spacial score (nSPS) is 20.1. The largest absolute Gasteiger partial charge is 0.375 e. The molecule has 0 radical (unpaired) electrons. The predicted octanol–water partition coefficient (Wildman–Crippen LogP) is 2.46. The van der Waals surface area contributed by atoms with Crippen LogP contribution in [0.5, 0.6) is 0 Å². The number of ether oxygens (including phenoxy) is 1. The van der Waals surface area contributed by atoms with Gasteiger partial charge in [0.2, 0.25) is 0 Å². The van der Waals surface area contributed by atoms with Gasteiger partial charge in [0.15, 0.2) is 5.78 Å². The Balaban J connectivity index is 1.81. The highest BCUT2D eigenvalue weighted by molar-refractivity contribution is 7.17. The Bertz CT molecular complexity index is 558. The van der Waals surface area contributed by atoms with Gasteiger partial charge in [-0.2, -0.15) is 0 Å². The maximum atomic E-state index is 12.3. The molecular formula is C14H15NO2S.